The van der Waals surface area contributed by atoms with E-state index in [-0.39, 0.29) is 37.1 Å². The van der Waals surface area contributed by atoms with Crippen molar-refractivity contribution in [2.24, 2.45) is 0 Å². The number of rotatable bonds is 3. The average Bonchev–Trinajstić information content (AvgIpc) is 3.17. The minimum absolute atomic E-state index is 0. The monoisotopic (exact) mass is 649 g/mol. The molecule has 0 aliphatic carbocycles. The minimum Gasteiger partial charge on any atom is -0.512 e. The number of carbonyl (C=O) groups is 1. The van der Waals surface area contributed by atoms with Gasteiger partial charge in [-0.1, -0.05) is 50.6 Å². The quantitative estimate of drug-likeness (QED) is 0.139. The van der Waals surface area contributed by atoms with Gasteiger partial charge in [0.1, 0.15) is 0 Å². The van der Waals surface area contributed by atoms with Crippen LogP contribution in [-0.2, 0) is 30.3 Å². The van der Waals surface area contributed by atoms with Crippen molar-refractivity contribution >= 4 is 27.2 Å². The zero-order valence-electron chi connectivity index (χ0n) is 20.4. The maximum atomic E-state index is 10.0. The summed E-state index contributed by atoms with van der Waals surface area (Å²) < 4.78 is 1.26. The van der Waals surface area contributed by atoms with Gasteiger partial charge in [-0.05, 0) is 55.0 Å². The fraction of sp³-hybridized carbons (Fsp3) is 0.241. The number of ketones is 1. The second kappa shape index (κ2) is 11.7. The van der Waals surface area contributed by atoms with E-state index in [0.717, 1.165) is 11.3 Å². The molecule has 0 atom stereocenters. The van der Waals surface area contributed by atoms with Crippen molar-refractivity contribution in [3.63, 3.8) is 0 Å². The van der Waals surface area contributed by atoms with Crippen LogP contribution in [0.15, 0.2) is 72.6 Å². The van der Waals surface area contributed by atoms with E-state index in [2.05, 4.69) is 93.3 Å². The van der Waals surface area contributed by atoms with Crippen LogP contribution in [0.1, 0.15) is 45.7 Å². The van der Waals surface area contributed by atoms with Crippen molar-refractivity contribution in [2.45, 2.75) is 47.0 Å². The number of aromatic nitrogens is 1. The number of carbonyl (C=O) groups excluding carboxylic acids is 1. The molecular weight excluding hydrogens is 619 g/mol. The number of nitrogens with zero attached hydrogens (tertiary/aromatic N) is 1. The molecule has 3 nitrogen and oxygen atoms in total. The van der Waals surface area contributed by atoms with Gasteiger partial charge < -0.3 is 10.1 Å². The van der Waals surface area contributed by atoms with Crippen molar-refractivity contribution < 1.29 is 30.0 Å². The molecule has 179 valence electrons. The third kappa shape index (κ3) is 7.20. The molecule has 4 rings (SSSR count). The van der Waals surface area contributed by atoms with E-state index in [1.165, 1.54) is 51.6 Å². The van der Waals surface area contributed by atoms with Gasteiger partial charge in [-0.3, -0.25) is 4.79 Å². The number of fused-ring (bicyclic) bond motifs is 1. The van der Waals surface area contributed by atoms with E-state index in [1.54, 1.807) is 0 Å². The summed E-state index contributed by atoms with van der Waals surface area (Å²) in [6.45, 7) is 11.6. The van der Waals surface area contributed by atoms with Gasteiger partial charge in [0.15, 0.2) is 5.78 Å². The van der Waals surface area contributed by atoms with E-state index < -0.39 is 0 Å². The maximum Gasteiger partial charge on any atom is 0.155 e. The third-order valence-corrected chi connectivity index (χ3v) is 6.28. The summed E-state index contributed by atoms with van der Waals surface area (Å²) in [5.41, 5.74) is 6.03. The van der Waals surface area contributed by atoms with Gasteiger partial charge in [0.05, 0.1) is 5.76 Å². The molecule has 4 aromatic rings. The van der Waals surface area contributed by atoms with Gasteiger partial charge in [0.25, 0.3) is 0 Å². The summed E-state index contributed by atoms with van der Waals surface area (Å²) in [6, 6.07) is 23.0. The van der Waals surface area contributed by atoms with Crippen molar-refractivity contribution in [1.82, 2.24) is 4.98 Å². The van der Waals surface area contributed by atoms with Crippen molar-refractivity contribution in [3.05, 3.63) is 89.8 Å². The van der Waals surface area contributed by atoms with Crippen molar-refractivity contribution in [3.8, 4) is 21.7 Å². The zero-order chi connectivity index (χ0) is 24.2. The van der Waals surface area contributed by atoms with Crippen LogP contribution in [0.25, 0.3) is 31.8 Å². The fourth-order valence-electron chi connectivity index (χ4n) is 3.37. The van der Waals surface area contributed by atoms with Crippen LogP contribution >= 0.6 is 11.3 Å². The number of benzene rings is 2. The van der Waals surface area contributed by atoms with E-state index in [4.69, 9.17) is 5.11 Å². The van der Waals surface area contributed by atoms with E-state index in [0.29, 0.717) is 0 Å². The maximum absolute atomic E-state index is 10.0. The Morgan fingerprint density at radius 1 is 1.06 bits per heavy atom. The molecule has 0 bridgehead atoms. The third-order valence-electron chi connectivity index (χ3n) is 5.13. The van der Waals surface area contributed by atoms with E-state index in [1.807, 2.05) is 17.5 Å². The number of aliphatic hydroxyl groups excluding tert-OH is 1. The zero-order valence-corrected chi connectivity index (χ0v) is 23.6. The first kappa shape index (κ1) is 27.7. The molecule has 0 saturated heterocycles. The van der Waals surface area contributed by atoms with Crippen LogP contribution in [0.5, 0.6) is 0 Å². The van der Waals surface area contributed by atoms with Gasteiger partial charge in [-0.2, -0.15) is 0 Å². The van der Waals surface area contributed by atoms with Crippen LogP contribution in [0, 0.1) is 13.0 Å². The molecule has 2 aromatic heterocycles. The standard InChI is InChI=1S/C24H22NS.C5H8O2.Ir/c1-16-5-7-17(8-6-16)22-15-20-21(26-22)13-14-25-23(20)18-9-11-19(12-10-18)24(2,3)4;1-4(6)3-5(2)7;/h5-9,11-15H,1-4H3;3,6H,1-2H3;/q-1;;. The Balaban J connectivity index is 0.000000449. The fourth-order valence-corrected chi connectivity index (χ4v) is 4.43. The molecule has 0 saturated carbocycles. The molecule has 34 heavy (non-hydrogen) atoms. The Kier molecular flexibility index (Phi) is 9.52. The van der Waals surface area contributed by atoms with Gasteiger partial charge in [-0.15, -0.1) is 46.7 Å². The molecule has 0 aliphatic rings. The second-order valence-electron chi connectivity index (χ2n) is 9.19. The molecule has 0 aliphatic heterocycles. The first-order valence-electron chi connectivity index (χ1n) is 10.9. The van der Waals surface area contributed by atoms with Gasteiger partial charge in [0.2, 0.25) is 0 Å². The molecule has 1 radical (unpaired) electrons. The van der Waals surface area contributed by atoms with Crippen molar-refractivity contribution in [1.29, 1.82) is 0 Å². The summed E-state index contributed by atoms with van der Waals surface area (Å²) in [4.78, 5) is 16.0. The average molecular weight is 649 g/mol. The molecule has 5 heteroatoms. The number of hydrogen-bond acceptors (Lipinski definition) is 4. The van der Waals surface area contributed by atoms with E-state index in [9.17, 15) is 4.79 Å². The number of aryl methyl sites for hydroxylation is 1. The largest absolute Gasteiger partial charge is 0.512 e. The Bertz CT molecular complexity index is 1280. The molecule has 1 N–H and O–H groups in total. The summed E-state index contributed by atoms with van der Waals surface area (Å²) >= 11 is 1.82. The number of pyridine rings is 1. The predicted octanol–water partition coefficient (Wildman–Crippen LogP) is 8.07. The predicted molar refractivity (Wildman–Crippen MR) is 140 cm³/mol. The molecular formula is C29H30IrNO2S-. The Morgan fingerprint density at radius 3 is 2.24 bits per heavy atom. The molecule has 2 heterocycles. The summed E-state index contributed by atoms with van der Waals surface area (Å²) in [6.07, 6.45) is 3.07. The number of hydrogen-bond donors (Lipinski definition) is 1. The molecule has 0 unspecified atom stereocenters. The Labute approximate surface area is 219 Å². The molecule has 2 aromatic carbocycles. The Hall–Kier alpha value is -2.59. The Morgan fingerprint density at radius 2 is 1.74 bits per heavy atom. The van der Waals surface area contributed by atoms with E-state index >= 15 is 0 Å². The van der Waals surface area contributed by atoms with Crippen LogP contribution in [-0.4, -0.2) is 15.9 Å². The van der Waals surface area contributed by atoms with Gasteiger partial charge >= 0.3 is 0 Å². The first-order chi connectivity index (χ1) is 15.5. The first-order valence-corrected chi connectivity index (χ1v) is 11.7. The minimum atomic E-state index is -0.125. The number of aliphatic hydroxyl groups is 1. The van der Waals surface area contributed by atoms with Gasteiger partial charge in [0, 0.05) is 42.0 Å². The summed E-state index contributed by atoms with van der Waals surface area (Å²) in [7, 11) is 0. The van der Waals surface area contributed by atoms with Crippen LogP contribution in [0.2, 0.25) is 0 Å². The normalized spacial score (nSPS) is 11.4. The molecule has 0 fully saturated rings. The number of thiophene rings is 1. The summed E-state index contributed by atoms with van der Waals surface area (Å²) in [5.74, 6) is -0.0625. The van der Waals surface area contributed by atoms with Gasteiger partial charge in [-0.25, -0.2) is 0 Å². The number of allylic oxidation sites excluding steroid dienone is 2. The van der Waals surface area contributed by atoms with Crippen LogP contribution in [0.3, 0.4) is 0 Å². The second-order valence-corrected chi connectivity index (χ2v) is 10.3. The molecule has 0 amide bonds. The van der Waals surface area contributed by atoms with Crippen LogP contribution < -0.4 is 0 Å². The van der Waals surface area contributed by atoms with Crippen LogP contribution in [0.4, 0.5) is 0 Å². The molecule has 0 spiro atoms. The summed E-state index contributed by atoms with van der Waals surface area (Å²) in [5, 5.41) is 9.56. The smallest absolute Gasteiger partial charge is 0.155 e. The topological polar surface area (TPSA) is 50.2 Å². The SMILES string of the molecule is CC(=O)C=C(C)O.Cc1ccc(-c2cc3c(-c4[c-]cc(C(C)(C)C)cc4)nccc3s2)cc1.[Ir]. The van der Waals surface area contributed by atoms with Crippen molar-refractivity contribution in [2.75, 3.05) is 0 Å².